The molecule has 6 nitrogen and oxygen atoms in total. The Labute approximate surface area is 165 Å². The van der Waals surface area contributed by atoms with Gasteiger partial charge < -0.3 is 9.47 Å². The van der Waals surface area contributed by atoms with Crippen molar-refractivity contribution in [2.45, 2.75) is 16.5 Å². The van der Waals surface area contributed by atoms with Crippen LogP contribution in [0.3, 0.4) is 0 Å². The maximum Gasteiger partial charge on any atom is 0.253 e. The van der Waals surface area contributed by atoms with E-state index in [0.29, 0.717) is 17.1 Å². The topological polar surface area (TPSA) is 72.8 Å². The predicted molar refractivity (Wildman–Crippen MR) is 110 cm³/mol. The Kier molecular flexibility index (Phi) is 6.31. The molecule has 2 aromatic carbocycles. The first-order valence-electron chi connectivity index (χ1n) is 8.18. The first-order chi connectivity index (χ1) is 13.1. The Morgan fingerprint density at radius 1 is 1.26 bits per heavy atom. The number of aromatic nitrogens is 1. The second-order valence-electron chi connectivity index (χ2n) is 5.55. The van der Waals surface area contributed by atoms with Crippen LogP contribution in [-0.2, 0) is 4.79 Å². The van der Waals surface area contributed by atoms with Gasteiger partial charge in [-0.25, -0.2) is 10.4 Å². The van der Waals surface area contributed by atoms with E-state index in [2.05, 4.69) is 15.5 Å². The summed E-state index contributed by atoms with van der Waals surface area (Å²) in [6.45, 7) is 1.83. The number of benzene rings is 2. The minimum Gasteiger partial charge on any atom is -0.497 e. The first kappa shape index (κ1) is 19.2. The second kappa shape index (κ2) is 8.88. The summed E-state index contributed by atoms with van der Waals surface area (Å²) in [5.41, 5.74) is 4.22. The van der Waals surface area contributed by atoms with Gasteiger partial charge in [-0.15, -0.1) is 11.3 Å². The average molecular weight is 402 g/mol. The largest absolute Gasteiger partial charge is 0.497 e. The number of nitrogens with one attached hydrogen (secondary N) is 1. The summed E-state index contributed by atoms with van der Waals surface area (Å²) in [4.78, 5) is 16.8. The molecule has 1 heterocycles. The summed E-state index contributed by atoms with van der Waals surface area (Å²) in [5.74, 6) is 1.13. The molecule has 0 aliphatic carbocycles. The zero-order valence-electron chi connectivity index (χ0n) is 15.1. The van der Waals surface area contributed by atoms with Crippen LogP contribution in [-0.4, -0.2) is 36.6 Å². The maximum absolute atomic E-state index is 12.3. The van der Waals surface area contributed by atoms with Gasteiger partial charge in [0.05, 0.1) is 35.9 Å². The number of carbonyl (C=O) groups excluding carboxylic acids is 1. The smallest absolute Gasteiger partial charge is 0.253 e. The third-order valence-corrected chi connectivity index (χ3v) is 5.97. The van der Waals surface area contributed by atoms with E-state index >= 15 is 0 Å². The molecule has 0 fully saturated rings. The van der Waals surface area contributed by atoms with Gasteiger partial charge in [-0.05, 0) is 37.3 Å². The number of nitrogens with zero attached hydrogens (tertiary/aromatic N) is 2. The molecule has 140 valence electrons. The standard InChI is InChI=1S/C19H19N3O3S2/c1-12(26-19-21-15-6-4-5-7-17(15)27-19)18(23)22-20-11-13-10-14(24-2)8-9-16(13)25-3/h4-12H,1-3H3,(H,22,23)/b20-11-/t12-/m0/s1. The molecule has 1 amide bonds. The Bertz CT molecular complexity index is 939. The van der Waals surface area contributed by atoms with E-state index < -0.39 is 0 Å². The molecule has 0 bridgehead atoms. The zero-order valence-corrected chi connectivity index (χ0v) is 16.8. The van der Waals surface area contributed by atoms with Gasteiger partial charge in [0, 0.05) is 5.56 Å². The first-order valence-corrected chi connectivity index (χ1v) is 9.87. The summed E-state index contributed by atoms with van der Waals surface area (Å²) in [6, 6.07) is 13.3. The third kappa shape index (κ3) is 4.78. The Morgan fingerprint density at radius 2 is 2.07 bits per heavy atom. The molecule has 1 atom stereocenters. The highest BCUT2D eigenvalue weighted by atomic mass is 32.2. The summed E-state index contributed by atoms with van der Waals surface area (Å²) in [6.07, 6.45) is 1.54. The number of ether oxygens (including phenoxy) is 2. The van der Waals surface area contributed by atoms with Crippen LogP contribution in [0.25, 0.3) is 10.2 Å². The molecule has 0 aliphatic rings. The van der Waals surface area contributed by atoms with Gasteiger partial charge in [-0.2, -0.15) is 5.10 Å². The molecule has 1 aromatic heterocycles. The lowest BCUT2D eigenvalue weighted by atomic mass is 10.2. The van der Waals surface area contributed by atoms with Gasteiger partial charge in [-0.1, -0.05) is 23.9 Å². The van der Waals surface area contributed by atoms with Gasteiger partial charge in [0.15, 0.2) is 4.34 Å². The average Bonchev–Trinajstić information content (AvgIpc) is 3.09. The van der Waals surface area contributed by atoms with Gasteiger partial charge in [0.2, 0.25) is 0 Å². The molecule has 3 rings (SSSR count). The number of hydrogen-bond donors (Lipinski definition) is 1. The lowest BCUT2D eigenvalue weighted by molar-refractivity contribution is -0.120. The highest BCUT2D eigenvalue weighted by Gasteiger charge is 2.16. The fourth-order valence-corrected chi connectivity index (χ4v) is 4.51. The molecule has 0 radical (unpaired) electrons. The van der Waals surface area contributed by atoms with Crippen molar-refractivity contribution in [1.29, 1.82) is 0 Å². The van der Waals surface area contributed by atoms with Crippen molar-refractivity contribution in [3.05, 3.63) is 48.0 Å². The van der Waals surface area contributed by atoms with Crippen molar-refractivity contribution in [1.82, 2.24) is 10.4 Å². The fourth-order valence-electron chi connectivity index (χ4n) is 2.30. The minimum absolute atomic E-state index is 0.197. The minimum atomic E-state index is -0.324. The second-order valence-corrected chi connectivity index (χ2v) is 8.17. The van der Waals surface area contributed by atoms with Crippen molar-refractivity contribution in [3.63, 3.8) is 0 Å². The van der Waals surface area contributed by atoms with Gasteiger partial charge >= 0.3 is 0 Å². The number of hydrogen-bond acceptors (Lipinski definition) is 7. The Balaban J connectivity index is 1.62. The number of thioether (sulfide) groups is 1. The molecular weight excluding hydrogens is 382 g/mol. The van der Waals surface area contributed by atoms with Crippen LogP contribution in [0.2, 0.25) is 0 Å². The number of fused-ring (bicyclic) bond motifs is 1. The molecular formula is C19H19N3O3S2. The van der Waals surface area contributed by atoms with Crippen LogP contribution >= 0.6 is 23.1 Å². The highest BCUT2D eigenvalue weighted by Crippen LogP contribution is 2.31. The number of thiazole rings is 1. The molecule has 8 heteroatoms. The molecule has 0 aliphatic heterocycles. The van der Waals surface area contributed by atoms with Gasteiger partial charge in [0.1, 0.15) is 11.5 Å². The van der Waals surface area contributed by atoms with Crippen LogP contribution in [0.1, 0.15) is 12.5 Å². The number of hydrazone groups is 1. The number of amides is 1. The molecule has 0 saturated carbocycles. The maximum atomic E-state index is 12.3. The normalized spacial score (nSPS) is 12.3. The van der Waals surface area contributed by atoms with Crippen molar-refractivity contribution < 1.29 is 14.3 Å². The zero-order chi connectivity index (χ0) is 19.2. The third-order valence-electron chi connectivity index (χ3n) is 3.74. The van der Waals surface area contributed by atoms with Gasteiger partial charge in [0.25, 0.3) is 5.91 Å². The molecule has 1 N–H and O–H groups in total. The molecule has 3 aromatic rings. The lowest BCUT2D eigenvalue weighted by Crippen LogP contribution is -2.26. The fraction of sp³-hybridized carbons (Fsp3) is 0.211. The summed E-state index contributed by atoms with van der Waals surface area (Å²) in [7, 11) is 3.17. The van der Waals surface area contributed by atoms with E-state index in [1.807, 2.05) is 31.2 Å². The van der Waals surface area contributed by atoms with Crippen molar-refractivity contribution in [2.24, 2.45) is 5.10 Å². The van der Waals surface area contributed by atoms with Crippen molar-refractivity contribution in [3.8, 4) is 11.5 Å². The summed E-state index contributed by atoms with van der Waals surface area (Å²) in [5, 5.41) is 3.72. The van der Waals surface area contributed by atoms with E-state index in [1.54, 1.807) is 43.8 Å². The Morgan fingerprint density at radius 3 is 2.81 bits per heavy atom. The molecule has 0 saturated heterocycles. The van der Waals surface area contributed by atoms with Crippen LogP contribution in [0.15, 0.2) is 51.9 Å². The number of para-hydroxylation sites is 1. The highest BCUT2D eigenvalue weighted by molar-refractivity contribution is 8.02. The van der Waals surface area contributed by atoms with Crippen molar-refractivity contribution >= 4 is 45.4 Å². The monoisotopic (exact) mass is 401 g/mol. The van der Waals surface area contributed by atoms with Gasteiger partial charge in [-0.3, -0.25) is 4.79 Å². The quantitative estimate of drug-likeness (QED) is 0.369. The lowest BCUT2D eigenvalue weighted by Gasteiger charge is -2.08. The molecule has 27 heavy (non-hydrogen) atoms. The van der Waals surface area contributed by atoms with E-state index in [0.717, 1.165) is 14.6 Å². The van der Waals surface area contributed by atoms with Crippen LogP contribution in [0.5, 0.6) is 11.5 Å². The molecule has 0 spiro atoms. The van der Waals surface area contributed by atoms with Crippen LogP contribution in [0, 0.1) is 0 Å². The van der Waals surface area contributed by atoms with E-state index in [9.17, 15) is 4.79 Å². The van der Waals surface area contributed by atoms with E-state index in [-0.39, 0.29) is 11.2 Å². The van der Waals surface area contributed by atoms with Crippen LogP contribution in [0.4, 0.5) is 0 Å². The predicted octanol–water partition coefficient (Wildman–Crippen LogP) is 3.94. The van der Waals surface area contributed by atoms with E-state index in [1.165, 1.54) is 18.0 Å². The van der Waals surface area contributed by atoms with E-state index in [4.69, 9.17) is 9.47 Å². The SMILES string of the molecule is COc1ccc(OC)c(/C=N\NC(=O)[C@H](C)Sc2nc3ccccc3s2)c1. The summed E-state index contributed by atoms with van der Waals surface area (Å²) >= 11 is 2.99. The summed E-state index contributed by atoms with van der Waals surface area (Å²) < 4.78 is 12.5. The number of methoxy groups -OCH3 is 2. The molecule has 0 unspecified atom stereocenters. The van der Waals surface area contributed by atoms with Crippen molar-refractivity contribution in [2.75, 3.05) is 14.2 Å². The van der Waals surface area contributed by atoms with Crippen LogP contribution < -0.4 is 14.9 Å². The number of rotatable bonds is 7. The number of carbonyl (C=O) groups is 1. The Hall–Kier alpha value is -2.58.